The third kappa shape index (κ3) is 3.65. The molecule has 1 aliphatic rings. The van der Waals surface area contributed by atoms with Gasteiger partial charge in [0.25, 0.3) is 5.91 Å². The lowest BCUT2D eigenvalue weighted by Crippen LogP contribution is -2.34. The van der Waals surface area contributed by atoms with Gasteiger partial charge in [-0.15, -0.1) is 0 Å². The molecule has 0 radical (unpaired) electrons. The lowest BCUT2D eigenvalue weighted by molar-refractivity contribution is 0.0932. The molecule has 1 amide bonds. The Bertz CT molecular complexity index is 473. The Labute approximate surface area is 120 Å². The zero-order chi connectivity index (χ0) is 14.5. The van der Waals surface area contributed by atoms with Crippen LogP contribution >= 0.6 is 0 Å². The fourth-order valence-electron chi connectivity index (χ4n) is 2.73. The molecule has 1 saturated carbocycles. The van der Waals surface area contributed by atoms with Crippen molar-refractivity contribution in [3.8, 4) is 11.5 Å². The van der Waals surface area contributed by atoms with Crippen molar-refractivity contribution in [2.24, 2.45) is 5.92 Å². The van der Waals surface area contributed by atoms with E-state index < -0.39 is 0 Å². The standard InChI is InChI=1S/C16H23NO3/c1-11-4-3-5-13(8-6-11)17-16(19)12-7-9-15(20-2)14(18)10-12/h7,9-11,13,18H,3-6,8H2,1-2H3,(H,17,19). The summed E-state index contributed by atoms with van der Waals surface area (Å²) in [7, 11) is 1.49. The molecule has 1 fully saturated rings. The van der Waals surface area contributed by atoms with Crippen molar-refractivity contribution in [2.45, 2.75) is 45.1 Å². The molecule has 2 rings (SSSR count). The first-order valence-electron chi connectivity index (χ1n) is 7.28. The fourth-order valence-corrected chi connectivity index (χ4v) is 2.73. The van der Waals surface area contributed by atoms with Gasteiger partial charge in [0.05, 0.1) is 7.11 Å². The number of carbonyl (C=O) groups excluding carboxylic acids is 1. The van der Waals surface area contributed by atoms with Gasteiger partial charge < -0.3 is 15.2 Å². The molecule has 2 N–H and O–H groups in total. The van der Waals surface area contributed by atoms with E-state index in [-0.39, 0.29) is 17.7 Å². The van der Waals surface area contributed by atoms with E-state index in [9.17, 15) is 9.90 Å². The van der Waals surface area contributed by atoms with Crippen LogP contribution in [0.1, 0.15) is 49.4 Å². The molecule has 2 unspecified atom stereocenters. The number of methoxy groups -OCH3 is 1. The second kappa shape index (κ2) is 6.64. The number of phenolic OH excluding ortho intramolecular Hbond substituents is 1. The van der Waals surface area contributed by atoms with Gasteiger partial charge in [0.2, 0.25) is 0 Å². The normalized spacial score (nSPS) is 22.9. The van der Waals surface area contributed by atoms with E-state index in [0.29, 0.717) is 11.3 Å². The van der Waals surface area contributed by atoms with E-state index in [2.05, 4.69) is 12.2 Å². The molecular weight excluding hydrogens is 254 g/mol. The van der Waals surface area contributed by atoms with Gasteiger partial charge in [-0.3, -0.25) is 4.79 Å². The Kier molecular flexibility index (Phi) is 4.88. The van der Waals surface area contributed by atoms with Crippen molar-refractivity contribution in [3.63, 3.8) is 0 Å². The van der Waals surface area contributed by atoms with Crippen LogP contribution in [0, 0.1) is 5.92 Å². The minimum absolute atomic E-state index is 0.00496. The van der Waals surface area contributed by atoms with Crippen molar-refractivity contribution in [1.29, 1.82) is 0 Å². The largest absolute Gasteiger partial charge is 0.504 e. The Hall–Kier alpha value is -1.71. The Morgan fingerprint density at radius 1 is 1.30 bits per heavy atom. The minimum atomic E-state index is -0.123. The number of phenols is 1. The summed E-state index contributed by atoms with van der Waals surface area (Å²) in [6.07, 6.45) is 5.65. The lowest BCUT2D eigenvalue weighted by Gasteiger charge is -2.16. The molecule has 0 aromatic heterocycles. The number of amides is 1. The second-order valence-corrected chi connectivity index (χ2v) is 5.67. The predicted octanol–water partition coefficient (Wildman–Crippen LogP) is 3.10. The Balaban J connectivity index is 1.99. The van der Waals surface area contributed by atoms with Crippen LogP contribution in [0.25, 0.3) is 0 Å². The van der Waals surface area contributed by atoms with Crippen molar-refractivity contribution in [3.05, 3.63) is 23.8 Å². The van der Waals surface area contributed by atoms with E-state index in [1.54, 1.807) is 12.1 Å². The highest BCUT2D eigenvalue weighted by Gasteiger charge is 2.19. The highest BCUT2D eigenvalue weighted by Crippen LogP contribution is 2.27. The lowest BCUT2D eigenvalue weighted by atomic mass is 10.0. The summed E-state index contributed by atoms with van der Waals surface area (Å²) in [6, 6.07) is 4.98. The molecule has 110 valence electrons. The molecular formula is C16H23NO3. The highest BCUT2D eigenvalue weighted by molar-refractivity contribution is 5.95. The van der Waals surface area contributed by atoms with Crippen molar-refractivity contribution in [1.82, 2.24) is 5.32 Å². The molecule has 0 aliphatic heterocycles. The molecule has 0 saturated heterocycles. The molecule has 1 aromatic carbocycles. The van der Waals surface area contributed by atoms with Gasteiger partial charge in [0.15, 0.2) is 11.5 Å². The van der Waals surface area contributed by atoms with Gasteiger partial charge in [0, 0.05) is 11.6 Å². The Morgan fingerprint density at radius 3 is 2.80 bits per heavy atom. The molecule has 0 heterocycles. The summed E-state index contributed by atoms with van der Waals surface area (Å²) < 4.78 is 4.98. The number of carbonyl (C=O) groups is 1. The summed E-state index contributed by atoms with van der Waals surface area (Å²) in [5, 5.41) is 12.8. The van der Waals surface area contributed by atoms with Crippen LogP contribution in [0.3, 0.4) is 0 Å². The first kappa shape index (κ1) is 14.7. The van der Waals surface area contributed by atoms with Crippen LogP contribution < -0.4 is 10.1 Å². The maximum Gasteiger partial charge on any atom is 0.251 e. The number of hydrogen-bond acceptors (Lipinski definition) is 3. The second-order valence-electron chi connectivity index (χ2n) is 5.67. The molecule has 4 nitrogen and oxygen atoms in total. The number of nitrogens with one attached hydrogen (secondary N) is 1. The van der Waals surface area contributed by atoms with Crippen LogP contribution in [0.4, 0.5) is 0 Å². The van der Waals surface area contributed by atoms with E-state index >= 15 is 0 Å². The van der Waals surface area contributed by atoms with Crippen molar-refractivity contribution < 1.29 is 14.6 Å². The van der Waals surface area contributed by atoms with Crippen molar-refractivity contribution in [2.75, 3.05) is 7.11 Å². The van der Waals surface area contributed by atoms with E-state index in [4.69, 9.17) is 4.74 Å². The first-order valence-corrected chi connectivity index (χ1v) is 7.28. The number of benzene rings is 1. The molecule has 1 aromatic rings. The zero-order valence-corrected chi connectivity index (χ0v) is 12.2. The maximum absolute atomic E-state index is 12.2. The quantitative estimate of drug-likeness (QED) is 0.835. The maximum atomic E-state index is 12.2. The van der Waals surface area contributed by atoms with Crippen LogP contribution in [-0.2, 0) is 0 Å². The zero-order valence-electron chi connectivity index (χ0n) is 12.2. The van der Waals surface area contributed by atoms with E-state index in [1.165, 1.54) is 32.4 Å². The van der Waals surface area contributed by atoms with E-state index in [1.807, 2.05) is 0 Å². The van der Waals surface area contributed by atoms with Crippen LogP contribution in [0.2, 0.25) is 0 Å². The number of ether oxygens (including phenoxy) is 1. The number of aromatic hydroxyl groups is 1. The molecule has 1 aliphatic carbocycles. The number of hydrogen-bond donors (Lipinski definition) is 2. The third-order valence-corrected chi connectivity index (χ3v) is 4.03. The SMILES string of the molecule is COc1ccc(C(=O)NC2CCCC(C)CC2)cc1O. The monoisotopic (exact) mass is 277 g/mol. The minimum Gasteiger partial charge on any atom is -0.504 e. The summed E-state index contributed by atoms with van der Waals surface area (Å²) in [5.41, 5.74) is 0.473. The molecule has 4 heteroatoms. The summed E-state index contributed by atoms with van der Waals surface area (Å²) >= 11 is 0. The van der Waals surface area contributed by atoms with Gasteiger partial charge in [0.1, 0.15) is 0 Å². The first-order chi connectivity index (χ1) is 9.60. The summed E-state index contributed by atoms with van der Waals surface area (Å²) in [5.74, 6) is 1.00. The third-order valence-electron chi connectivity index (χ3n) is 4.03. The van der Waals surface area contributed by atoms with Crippen LogP contribution in [-0.4, -0.2) is 24.2 Å². The highest BCUT2D eigenvalue weighted by atomic mass is 16.5. The van der Waals surface area contributed by atoms with Gasteiger partial charge in [-0.25, -0.2) is 0 Å². The fraction of sp³-hybridized carbons (Fsp3) is 0.562. The van der Waals surface area contributed by atoms with Gasteiger partial charge in [-0.05, 0) is 43.4 Å². The Morgan fingerprint density at radius 2 is 2.10 bits per heavy atom. The predicted molar refractivity (Wildman–Crippen MR) is 78.2 cm³/mol. The van der Waals surface area contributed by atoms with Crippen LogP contribution in [0.5, 0.6) is 11.5 Å². The summed E-state index contributed by atoms with van der Waals surface area (Å²) in [6.45, 7) is 2.27. The van der Waals surface area contributed by atoms with Gasteiger partial charge >= 0.3 is 0 Å². The topological polar surface area (TPSA) is 58.6 Å². The average Bonchev–Trinajstić information content (AvgIpc) is 2.63. The van der Waals surface area contributed by atoms with Crippen LogP contribution in [0.15, 0.2) is 18.2 Å². The summed E-state index contributed by atoms with van der Waals surface area (Å²) in [4.78, 5) is 12.2. The number of rotatable bonds is 3. The molecule has 0 bridgehead atoms. The average molecular weight is 277 g/mol. The molecule has 20 heavy (non-hydrogen) atoms. The molecule has 0 spiro atoms. The molecule has 2 atom stereocenters. The van der Waals surface area contributed by atoms with Gasteiger partial charge in [-0.1, -0.05) is 19.8 Å². The van der Waals surface area contributed by atoms with E-state index in [0.717, 1.165) is 18.8 Å². The smallest absolute Gasteiger partial charge is 0.251 e. The van der Waals surface area contributed by atoms with Gasteiger partial charge in [-0.2, -0.15) is 0 Å². The van der Waals surface area contributed by atoms with Crippen molar-refractivity contribution >= 4 is 5.91 Å².